The van der Waals surface area contributed by atoms with Crippen LogP contribution >= 0.6 is 0 Å². The number of non-ortho nitro benzene ring substituents is 1. The average Bonchev–Trinajstić information content (AvgIpc) is 3.19. The van der Waals surface area contributed by atoms with Gasteiger partial charge in [-0.3, -0.25) is 19.8 Å². The van der Waals surface area contributed by atoms with E-state index in [2.05, 4.69) is 16.3 Å². The average molecular weight is 369 g/mol. The monoisotopic (exact) mass is 369 g/mol. The summed E-state index contributed by atoms with van der Waals surface area (Å²) in [5.74, 6) is 0.0336. The van der Waals surface area contributed by atoms with Crippen molar-refractivity contribution in [2.75, 3.05) is 19.7 Å². The van der Waals surface area contributed by atoms with Gasteiger partial charge in [0.25, 0.3) is 11.6 Å². The van der Waals surface area contributed by atoms with Crippen molar-refractivity contribution in [3.8, 4) is 5.75 Å². The summed E-state index contributed by atoms with van der Waals surface area (Å²) in [6.45, 7) is 3.39. The van der Waals surface area contributed by atoms with Gasteiger partial charge in [0.15, 0.2) is 6.61 Å². The fourth-order valence-corrected chi connectivity index (χ4v) is 3.15. The summed E-state index contributed by atoms with van der Waals surface area (Å²) >= 11 is 0. The highest BCUT2D eigenvalue weighted by Gasteiger charge is 2.14. The molecule has 1 heterocycles. The normalized spacial score (nSPS) is 14.1. The summed E-state index contributed by atoms with van der Waals surface area (Å²) in [6, 6.07) is 13.9. The fraction of sp³-hybridized carbons (Fsp3) is 0.350. The van der Waals surface area contributed by atoms with Gasteiger partial charge in [0, 0.05) is 19.2 Å². The number of nitrogens with zero attached hydrogens (tertiary/aromatic N) is 2. The molecule has 27 heavy (non-hydrogen) atoms. The number of ether oxygens (including phenoxy) is 1. The maximum Gasteiger partial charge on any atom is 0.273 e. The van der Waals surface area contributed by atoms with Crippen LogP contribution < -0.4 is 10.1 Å². The van der Waals surface area contributed by atoms with E-state index in [-0.39, 0.29) is 18.2 Å². The van der Waals surface area contributed by atoms with Crippen LogP contribution in [0.1, 0.15) is 24.0 Å². The fourth-order valence-electron chi connectivity index (χ4n) is 3.15. The lowest BCUT2D eigenvalue weighted by Crippen LogP contribution is -2.29. The Kier molecular flexibility index (Phi) is 6.38. The molecule has 7 nitrogen and oxygen atoms in total. The van der Waals surface area contributed by atoms with Crippen LogP contribution in [0.2, 0.25) is 0 Å². The van der Waals surface area contributed by atoms with Crippen LogP contribution in [0.3, 0.4) is 0 Å². The second kappa shape index (κ2) is 9.14. The van der Waals surface area contributed by atoms with E-state index < -0.39 is 4.92 Å². The van der Waals surface area contributed by atoms with Gasteiger partial charge in [-0.2, -0.15) is 0 Å². The molecule has 2 aromatic rings. The first-order valence-corrected chi connectivity index (χ1v) is 9.05. The number of carbonyl (C=O) groups excluding carboxylic acids is 1. The third kappa shape index (κ3) is 5.52. The van der Waals surface area contributed by atoms with Crippen molar-refractivity contribution >= 4 is 11.6 Å². The van der Waals surface area contributed by atoms with Crippen LogP contribution in [-0.4, -0.2) is 35.4 Å². The Morgan fingerprint density at radius 3 is 2.59 bits per heavy atom. The molecular weight excluding hydrogens is 346 g/mol. The summed E-state index contributed by atoms with van der Waals surface area (Å²) < 4.78 is 5.36. The number of benzene rings is 2. The topological polar surface area (TPSA) is 84.7 Å². The minimum Gasteiger partial charge on any atom is -0.484 e. The third-order valence-electron chi connectivity index (χ3n) is 4.59. The third-order valence-corrected chi connectivity index (χ3v) is 4.59. The maximum atomic E-state index is 12.1. The Balaban J connectivity index is 1.50. The highest BCUT2D eigenvalue weighted by atomic mass is 16.6. The van der Waals surface area contributed by atoms with Gasteiger partial charge < -0.3 is 10.1 Å². The van der Waals surface area contributed by atoms with Crippen molar-refractivity contribution in [1.29, 1.82) is 0 Å². The van der Waals surface area contributed by atoms with E-state index in [9.17, 15) is 14.9 Å². The molecule has 0 aromatic heterocycles. The molecule has 1 aliphatic rings. The van der Waals surface area contributed by atoms with Crippen LogP contribution in [0.25, 0.3) is 0 Å². The predicted molar refractivity (Wildman–Crippen MR) is 101 cm³/mol. The van der Waals surface area contributed by atoms with Gasteiger partial charge in [0.05, 0.1) is 11.0 Å². The van der Waals surface area contributed by atoms with E-state index in [0.29, 0.717) is 12.3 Å². The van der Waals surface area contributed by atoms with Crippen LogP contribution in [-0.2, 0) is 17.9 Å². The number of amides is 1. The van der Waals surface area contributed by atoms with Crippen molar-refractivity contribution in [2.24, 2.45) is 0 Å². The molecule has 0 saturated carbocycles. The lowest BCUT2D eigenvalue weighted by molar-refractivity contribution is -0.384. The molecule has 0 radical (unpaired) electrons. The van der Waals surface area contributed by atoms with Gasteiger partial charge in [0.1, 0.15) is 5.75 Å². The first-order valence-electron chi connectivity index (χ1n) is 9.05. The molecule has 1 aliphatic heterocycles. The first-order chi connectivity index (χ1) is 13.1. The van der Waals surface area contributed by atoms with E-state index >= 15 is 0 Å². The zero-order chi connectivity index (χ0) is 19.1. The number of nitro benzene ring substituents is 1. The molecule has 1 fully saturated rings. The van der Waals surface area contributed by atoms with Gasteiger partial charge in [-0.15, -0.1) is 0 Å². The Bertz CT molecular complexity index is 803. The molecular formula is C20H23N3O4. The molecule has 0 aliphatic carbocycles. The lowest BCUT2D eigenvalue weighted by Gasteiger charge is -2.17. The van der Waals surface area contributed by atoms with Gasteiger partial charge in [-0.25, -0.2) is 0 Å². The van der Waals surface area contributed by atoms with E-state index in [4.69, 9.17) is 4.74 Å². The van der Waals surface area contributed by atoms with Gasteiger partial charge in [0.2, 0.25) is 0 Å². The highest BCUT2D eigenvalue weighted by Crippen LogP contribution is 2.19. The molecule has 1 N–H and O–H groups in total. The van der Waals surface area contributed by atoms with E-state index in [1.165, 1.54) is 36.6 Å². The zero-order valence-electron chi connectivity index (χ0n) is 15.1. The largest absolute Gasteiger partial charge is 0.484 e. The number of hydrogen-bond donors (Lipinski definition) is 1. The molecule has 2 aromatic carbocycles. The Morgan fingerprint density at radius 1 is 1.11 bits per heavy atom. The van der Waals surface area contributed by atoms with Crippen molar-refractivity contribution < 1.29 is 14.5 Å². The molecule has 0 unspecified atom stereocenters. The number of nitro groups is 1. The highest BCUT2D eigenvalue weighted by molar-refractivity contribution is 5.77. The lowest BCUT2D eigenvalue weighted by atomic mass is 10.1. The first kappa shape index (κ1) is 18.8. The number of likely N-dealkylation sites (tertiary alicyclic amines) is 1. The second-order valence-electron chi connectivity index (χ2n) is 6.57. The summed E-state index contributed by atoms with van der Waals surface area (Å²) in [6.07, 6.45) is 2.49. The molecule has 3 rings (SSSR count). The van der Waals surface area contributed by atoms with Crippen LogP contribution in [0.4, 0.5) is 5.69 Å². The molecule has 7 heteroatoms. The van der Waals surface area contributed by atoms with E-state index in [1.807, 2.05) is 18.2 Å². The number of carbonyl (C=O) groups is 1. The van der Waals surface area contributed by atoms with Gasteiger partial charge in [-0.05, 0) is 43.1 Å². The number of nitrogens with one attached hydrogen (secondary N) is 1. The van der Waals surface area contributed by atoms with Crippen molar-refractivity contribution in [3.05, 3.63) is 69.8 Å². The minimum absolute atomic E-state index is 0.0660. The summed E-state index contributed by atoms with van der Waals surface area (Å²) in [5.41, 5.74) is 2.25. The molecule has 0 spiro atoms. The SMILES string of the molecule is O=C(COc1cccc([N+](=O)[O-])c1)NCc1ccccc1CN1CCCC1. The van der Waals surface area contributed by atoms with Gasteiger partial charge in [-0.1, -0.05) is 30.3 Å². The molecule has 1 saturated heterocycles. The van der Waals surface area contributed by atoms with Crippen molar-refractivity contribution in [1.82, 2.24) is 10.2 Å². The van der Waals surface area contributed by atoms with Crippen LogP contribution in [0.5, 0.6) is 5.75 Å². The van der Waals surface area contributed by atoms with Crippen molar-refractivity contribution in [2.45, 2.75) is 25.9 Å². The number of rotatable bonds is 8. The van der Waals surface area contributed by atoms with E-state index in [1.54, 1.807) is 6.07 Å². The predicted octanol–water partition coefficient (Wildman–Crippen LogP) is 2.89. The standard InChI is InChI=1S/C20H23N3O4/c24-20(15-27-19-9-5-8-18(12-19)23(25)26)21-13-16-6-1-2-7-17(16)14-22-10-3-4-11-22/h1-2,5-9,12H,3-4,10-11,13-15H2,(H,21,24). The molecule has 1 amide bonds. The Hall–Kier alpha value is -2.93. The summed E-state index contributed by atoms with van der Waals surface area (Å²) in [7, 11) is 0. The Morgan fingerprint density at radius 2 is 1.85 bits per heavy atom. The molecule has 0 atom stereocenters. The second-order valence-corrected chi connectivity index (χ2v) is 6.57. The van der Waals surface area contributed by atoms with Crippen LogP contribution in [0.15, 0.2) is 48.5 Å². The van der Waals surface area contributed by atoms with Crippen molar-refractivity contribution in [3.63, 3.8) is 0 Å². The van der Waals surface area contributed by atoms with E-state index in [0.717, 1.165) is 25.2 Å². The number of hydrogen-bond acceptors (Lipinski definition) is 5. The van der Waals surface area contributed by atoms with Gasteiger partial charge >= 0.3 is 0 Å². The smallest absolute Gasteiger partial charge is 0.273 e. The molecule has 0 bridgehead atoms. The maximum absolute atomic E-state index is 12.1. The zero-order valence-corrected chi connectivity index (χ0v) is 15.1. The quantitative estimate of drug-likeness (QED) is 0.571. The van der Waals surface area contributed by atoms with Crippen LogP contribution in [0, 0.1) is 10.1 Å². The Labute approximate surface area is 158 Å². The summed E-state index contributed by atoms with van der Waals surface area (Å²) in [4.78, 5) is 24.8. The minimum atomic E-state index is -0.496. The molecule has 142 valence electrons. The summed E-state index contributed by atoms with van der Waals surface area (Å²) in [5, 5.41) is 13.6.